The Morgan fingerprint density at radius 3 is 3.06 bits per heavy atom. The molecule has 0 saturated carbocycles. The number of esters is 1. The number of hydrogen-bond acceptors (Lipinski definition) is 5. The maximum atomic E-state index is 11.4. The highest BCUT2D eigenvalue weighted by Crippen LogP contribution is 2.41. The molecule has 0 fully saturated rings. The lowest BCUT2D eigenvalue weighted by molar-refractivity contribution is -0.143. The second-order valence-corrected chi connectivity index (χ2v) is 4.26. The molecule has 1 aromatic carbocycles. The Hall–Kier alpha value is -1.46. The topological polar surface area (TPSA) is 70.8 Å². The zero-order chi connectivity index (χ0) is 13.1. The van der Waals surface area contributed by atoms with Crippen molar-refractivity contribution in [3.8, 4) is 11.5 Å². The van der Waals surface area contributed by atoms with E-state index >= 15 is 0 Å². The van der Waals surface area contributed by atoms with Crippen molar-refractivity contribution in [3.63, 3.8) is 0 Å². The van der Waals surface area contributed by atoms with Gasteiger partial charge in [0.25, 0.3) is 0 Å². The monoisotopic (exact) mass is 271 g/mol. The molecule has 0 bridgehead atoms. The van der Waals surface area contributed by atoms with Gasteiger partial charge in [-0.1, -0.05) is 11.6 Å². The van der Waals surface area contributed by atoms with Crippen LogP contribution in [0.5, 0.6) is 11.5 Å². The van der Waals surface area contributed by atoms with E-state index in [2.05, 4.69) is 0 Å². The van der Waals surface area contributed by atoms with E-state index in [0.29, 0.717) is 23.1 Å². The molecule has 5 nitrogen and oxygen atoms in total. The summed E-state index contributed by atoms with van der Waals surface area (Å²) in [4.78, 5) is 11.4. The normalized spacial score (nSPS) is 14.4. The Balaban J connectivity index is 2.13. The lowest BCUT2D eigenvalue weighted by Gasteiger charge is -2.12. The fraction of sp³-hybridized carbons (Fsp3) is 0.417. The summed E-state index contributed by atoms with van der Waals surface area (Å²) in [6, 6.07) is 2.94. The van der Waals surface area contributed by atoms with E-state index < -0.39 is 6.04 Å². The molecule has 1 aliphatic rings. The smallest absolute Gasteiger partial charge is 0.307 e. The zero-order valence-corrected chi connectivity index (χ0v) is 10.7. The second-order valence-electron chi connectivity index (χ2n) is 3.85. The highest BCUT2D eigenvalue weighted by molar-refractivity contribution is 6.32. The van der Waals surface area contributed by atoms with Gasteiger partial charge in [0.1, 0.15) is 0 Å². The Morgan fingerprint density at radius 2 is 2.33 bits per heavy atom. The molecule has 0 unspecified atom stereocenters. The molecule has 2 N–H and O–H groups in total. The predicted molar refractivity (Wildman–Crippen MR) is 65.8 cm³/mol. The Morgan fingerprint density at radius 1 is 1.56 bits per heavy atom. The molecule has 6 heteroatoms. The van der Waals surface area contributed by atoms with Crippen LogP contribution in [0.4, 0.5) is 0 Å². The second kappa shape index (κ2) is 5.46. The molecular weight excluding hydrogens is 258 g/mol. The van der Waals surface area contributed by atoms with Gasteiger partial charge in [0.15, 0.2) is 11.5 Å². The Bertz CT molecular complexity index is 464. The predicted octanol–water partition coefficient (Wildman–Crippen LogP) is 2.02. The first kappa shape index (κ1) is 13.0. The van der Waals surface area contributed by atoms with Crippen LogP contribution in [0, 0.1) is 0 Å². The van der Waals surface area contributed by atoms with Crippen LogP contribution in [0.1, 0.15) is 24.9 Å². The van der Waals surface area contributed by atoms with Gasteiger partial charge < -0.3 is 19.9 Å². The number of halogens is 1. The van der Waals surface area contributed by atoms with Crippen molar-refractivity contribution in [1.29, 1.82) is 0 Å². The summed E-state index contributed by atoms with van der Waals surface area (Å²) in [7, 11) is 0. The summed E-state index contributed by atoms with van der Waals surface area (Å²) in [5.74, 6) is 0.736. The van der Waals surface area contributed by atoms with Gasteiger partial charge in [-0.15, -0.1) is 0 Å². The van der Waals surface area contributed by atoms with Crippen LogP contribution in [0.25, 0.3) is 0 Å². The van der Waals surface area contributed by atoms with Crippen molar-refractivity contribution < 1.29 is 19.0 Å². The van der Waals surface area contributed by atoms with Crippen molar-refractivity contribution in [2.24, 2.45) is 5.73 Å². The van der Waals surface area contributed by atoms with Gasteiger partial charge in [-0.25, -0.2) is 0 Å². The number of ether oxygens (including phenoxy) is 3. The van der Waals surface area contributed by atoms with E-state index in [1.165, 1.54) is 0 Å². The Kier molecular flexibility index (Phi) is 3.93. The molecule has 0 spiro atoms. The minimum absolute atomic E-state index is 0.101. The standard InChI is InChI=1S/C12H14ClNO4/c1-2-16-11(15)5-9(14)7-3-8(13)12-10(4-7)17-6-18-12/h3-4,9H,2,5-6,14H2,1H3/t9-/m0/s1. The van der Waals surface area contributed by atoms with E-state index in [4.69, 9.17) is 31.5 Å². The maximum absolute atomic E-state index is 11.4. The molecule has 0 amide bonds. The summed E-state index contributed by atoms with van der Waals surface area (Å²) >= 11 is 6.04. The fourth-order valence-corrected chi connectivity index (χ4v) is 1.99. The molecule has 1 atom stereocenters. The largest absolute Gasteiger partial charge is 0.466 e. The average Bonchev–Trinajstić information content (AvgIpc) is 2.77. The van der Waals surface area contributed by atoms with Crippen LogP contribution < -0.4 is 15.2 Å². The molecular formula is C12H14ClNO4. The number of rotatable bonds is 4. The van der Waals surface area contributed by atoms with Crippen molar-refractivity contribution >= 4 is 17.6 Å². The number of benzene rings is 1. The first-order chi connectivity index (χ1) is 8.61. The SMILES string of the molecule is CCOC(=O)C[C@H](N)c1cc(Cl)c2c(c1)OCO2. The van der Waals surface area contributed by atoms with Crippen LogP contribution in [0.2, 0.25) is 5.02 Å². The van der Waals surface area contributed by atoms with Crippen molar-refractivity contribution in [3.05, 3.63) is 22.7 Å². The first-order valence-electron chi connectivity index (χ1n) is 5.62. The van der Waals surface area contributed by atoms with Gasteiger partial charge in [0, 0.05) is 6.04 Å². The molecule has 0 radical (unpaired) electrons. The quantitative estimate of drug-likeness (QED) is 0.849. The van der Waals surface area contributed by atoms with Gasteiger partial charge in [-0.2, -0.15) is 0 Å². The third-order valence-electron chi connectivity index (χ3n) is 2.57. The maximum Gasteiger partial charge on any atom is 0.307 e. The van der Waals surface area contributed by atoms with Crippen molar-refractivity contribution in [1.82, 2.24) is 0 Å². The molecule has 98 valence electrons. The lowest BCUT2D eigenvalue weighted by atomic mass is 10.0. The summed E-state index contributed by atoms with van der Waals surface area (Å²) in [6.07, 6.45) is 0.101. The number of fused-ring (bicyclic) bond motifs is 1. The molecule has 1 aliphatic heterocycles. The van der Waals surface area contributed by atoms with E-state index in [-0.39, 0.29) is 19.2 Å². The van der Waals surface area contributed by atoms with Gasteiger partial charge in [-0.05, 0) is 24.6 Å². The van der Waals surface area contributed by atoms with Crippen molar-refractivity contribution in [2.75, 3.05) is 13.4 Å². The molecule has 0 saturated heterocycles. The highest BCUT2D eigenvalue weighted by Gasteiger charge is 2.21. The first-order valence-corrected chi connectivity index (χ1v) is 6.00. The van der Waals surface area contributed by atoms with Gasteiger partial charge in [0.05, 0.1) is 18.1 Å². The van der Waals surface area contributed by atoms with Crippen LogP contribution in [0.3, 0.4) is 0 Å². The summed E-state index contributed by atoms with van der Waals surface area (Å²) < 4.78 is 15.3. The molecule has 0 aliphatic carbocycles. The molecule has 0 aromatic heterocycles. The Labute approximate surface area is 110 Å². The summed E-state index contributed by atoms with van der Waals surface area (Å²) in [5.41, 5.74) is 6.65. The zero-order valence-electron chi connectivity index (χ0n) is 9.94. The number of hydrogen-bond donors (Lipinski definition) is 1. The van der Waals surface area contributed by atoms with Crippen LogP contribution in [-0.4, -0.2) is 19.4 Å². The highest BCUT2D eigenvalue weighted by atomic mass is 35.5. The van der Waals surface area contributed by atoms with E-state index in [0.717, 1.165) is 5.56 Å². The summed E-state index contributed by atoms with van der Waals surface area (Å²) in [6.45, 7) is 2.24. The third kappa shape index (κ3) is 2.68. The minimum atomic E-state index is -0.476. The van der Waals surface area contributed by atoms with Crippen LogP contribution in [0.15, 0.2) is 12.1 Å². The average molecular weight is 272 g/mol. The van der Waals surface area contributed by atoms with Gasteiger partial charge in [-0.3, -0.25) is 4.79 Å². The number of carbonyl (C=O) groups is 1. The van der Waals surface area contributed by atoms with Gasteiger partial charge in [0.2, 0.25) is 6.79 Å². The van der Waals surface area contributed by atoms with Crippen molar-refractivity contribution in [2.45, 2.75) is 19.4 Å². The van der Waals surface area contributed by atoms with Crippen LogP contribution in [-0.2, 0) is 9.53 Å². The molecule has 18 heavy (non-hydrogen) atoms. The fourth-order valence-electron chi connectivity index (χ4n) is 1.72. The van der Waals surface area contributed by atoms with E-state index in [9.17, 15) is 4.79 Å². The van der Waals surface area contributed by atoms with E-state index in [1.807, 2.05) is 0 Å². The third-order valence-corrected chi connectivity index (χ3v) is 2.85. The van der Waals surface area contributed by atoms with E-state index in [1.54, 1.807) is 19.1 Å². The molecule has 1 aromatic rings. The minimum Gasteiger partial charge on any atom is -0.466 e. The number of carbonyl (C=O) groups excluding carboxylic acids is 1. The van der Waals surface area contributed by atoms with Gasteiger partial charge >= 0.3 is 5.97 Å². The number of nitrogens with two attached hydrogens (primary N) is 1. The lowest BCUT2D eigenvalue weighted by Crippen LogP contribution is -2.17. The molecule has 2 rings (SSSR count). The molecule has 1 heterocycles. The summed E-state index contributed by atoms with van der Waals surface area (Å²) in [5, 5.41) is 0.430. The van der Waals surface area contributed by atoms with Crippen LogP contribution >= 0.6 is 11.6 Å².